The van der Waals surface area contributed by atoms with Crippen molar-refractivity contribution in [1.82, 2.24) is 14.7 Å². The standard InChI is InChI=1S/C13H23BrN4O/c1-4-18-11(10(14)9-16-18)12(15)13(2,3)17-5-7-19-8-6-17/h9,12H,4-8,15H2,1-3H3. The molecule has 1 aliphatic heterocycles. The van der Waals surface area contributed by atoms with Crippen molar-refractivity contribution in [3.05, 3.63) is 16.4 Å². The summed E-state index contributed by atoms with van der Waals surface area (Å²) in [4.78, 5) is 2.40. The van der Waals surface area contributed by atoms with Gasteiger partial charge in [-0.15, -0.1) is 0 Å². The molecule has 2 rings (SSSR count). The molecule has 0 aliphatic carbocycles. The molecule has 0 amide bonds. The number of aromatic nitrogens is 2. The van der Waals surface area contributed by atoms with E-state index in [0.29, 0.717) is 0 Å². The highest BCUT2D eigenvalue weighted by molar-refractivity contribution is 9.10. The third kappa shape index (κ3) is 2.86. The van der Waals surface area contributed by atoms with E-state index in [-0.39, 0.29) is 11.6 Å². The van der Waals surface area contributed by atoms with Crippen LogP contribution in [0.25, 0.3) is 0 Å². The molecule has 2 N–H and O–H groups in total. The van der Waals surface area contributed by atoms with Crippen molar-refractivity contribution < 1.29 is 4.74 Å². The maximum atomic E-state index is 6.55. The van der Waals surface area contributed by atoms with Gasteiger partial charge >= 0.3 is 0 Å². The van der Waals surface area contributed by atoms with Crippen molar-refractivity contribution in [3.8, 4) is 0 Å². The molecule has 1 aromatic heterocycles. The average molecular weight is 331 g/mol. The SMILES string of the molecule is CCn1ncc(Br)c1C(N)C(C)(C)N1CCOCC1. The first-order valence-corrected chi connectivity index (χ1v) is 7.57. The molecular weight excluding hydrogens is 308 g/mol. The van der Waals surface area contributed by atoms with E-state index >= 15 is 0 Å². The molecule has 5 nitrogen and oxygen atoms in total. The van der Waals surface area contributed by atoms with E-state index in [9.17, 15) is 0 Å². The first-order chi connectivity index (χ1) is 8.98. The lowest BCUT2D eigenvalue weighted by Crippen LogP contribution is -2.55. The van der Waals surface area contributed by atoms with Crippen molar-refractivity contribution in [2.45, 2.75) is 38.9 Å². The number of hydrogen-bond acceptors (Lipinski definition) is 4. The number of nitrogens with two attached hydrogens (primary N) is 1. The number of aryl methyl sites for hydroxylation is 1. The highest BCUT2D eigenvalue weighted by Crippen LogP contribution is 2.33. The number of hydrogen-bond donors (Lipinski definition) is 1. The van der Waals surface area contributed by atoms with Gasteiger partial charge in [0.25, 0.3) is 0 Å². The Morgan fingerprint density at radius 1 is 1.47 bits per heavy atom. The van der Waals surface area contributed by atoms with Gasteiger partial charge in [-0.1, -0.05) is 0 Å². The smallest absolute Gasteiger partial charge is 0.0712 e. The average Bonchev–Trinajstić information content (AvgIpc) is 2.79. The third-order valence-corrected chi connectivity index (χ3v) is 4.63. The first-order valence-electron chi connectivity index (χ1n) is 6.78. The van der Waals surface area contributed by atoms with Crippen LogP contribution in [0.2, 0.25) is 0 Å². The second-order valence-corrected chi connectivity index (χ2v) is 6.28. The van der Waals surface area contributed by atoms with Crippen molar-refractivity contribution in [2.75, 3.05) is 26.3 Å². The molecule has 1 saturated heterocycles. The molecule has 0 bridgehead atoms. The third-order valence-electron chi connectivity index (χ3n) is 4.01. The molecule has 1 aromatic rings. The molecule has 2 heterocycles. The molecule has 108 valence electrons. The predicted octanol–water partition coefficient (Wildman–Crippen LogP) is 1.78. The number of nitrogens with zero attached hydrogens (tertiary/aromatic N) is 3. The molecule has 6 heteroatoms. The first kappa shape index (κ1) is 15.0. The molecule has 0 saturated carbocycles. The molecule has 0 radical (unpaired) electrons. The summed E-state index contributed by atoms with van der Waals surface area (Å²) in [6.07, 6.45) is 1.83. The highest BCUT2D eigenvalue weighted by Gasteiger charge is 2.37. The minimum atomic E-state index is -0.126. The van der Waals surface area contributed by atoms with Gasteiger partial charge in [-0.25, -0.2) is 0 Å². The van der Waals surface area contributed by atoms with Gasteiger partial charge in [0.15, 0.2) is 0 Å². The number of rotatable bonds is 4. The van der Waals surface area contributed by atoms with Crippen LogP contribution < -0.4 is 5.73 Å². The fourth-order valence-electron chi connectivity index (χ4n) is 2.60. The van der Waals surface area contributed by atoms with Crippen LogP contribution in [0.1, 0.15) is 32.5 Å². The van der Waals surface area contributed by atoms with Crippen molar-refractivity contribution >= 4 is 15.9 Å². The van der Waals surface area contributed by atoms with Gasteiger partial charge < -0.3 is 10.5 Å². The van der Waals surface area contributed by atoms with Gasteiger partial charge in [-0.2, -0.15) is 5.10 Å². The van der Waals surface area contributed by atoms with Crippen LogP contribution in [0, 0.1) is 0 Å². The maximum Gasteiger partial charge on any atom is 0.0712 e. The Morgan fingerprint density at radius 3 is 2.68 bits per heavy atom. The number of halogens is 1. The van der Waals surface area contributed by atoms with E-state index in [1.165, 1.54) is 0 Å². The van der Waals surface area contributed by atoms with E-state index < -0.39 is 0 Å². The normalized spacial score (nSPS) is 19.6. The topological polar surface area (TPSA) is 56.3 Å². The second kappa shape index (κ2) is 5.91. The van der Waals surface area contributed by atoms with Crippen LogP contribution in [-0.4, -0.2) is 46.5 Å². The van der Waals surface area contributed by atoms with E-state index in [1.807, 2.05) is 10.9 Å². The summed E-state index contributed by atoms with van der Waals surface area (Å²) < 4.78 is 8.38. The lowest BCUT2D eigenvalue weighted by atomic mass is 9.90. The molecule has 1 unspecified atom stereocenters. The van der Waals surface area contributed by atoms with E-state index in [2.05, 4.69) is 46.7 Å². The van der Waals surface area contributed by atoms with Crippen LogP contribution >= 0.6 is 15.9 Å². The summed E-state index contributed by atoms with van der Waals surface area (Å²) in [6.45, 7) is 10.7. The lowest BCUT2D eigenvalue weighted by molar-refractivity contribution is -0.0200. The Morgan fingerprint density at radius 2 is 2.11 bits per heavy atom. The Hall–Kier alpha value is -0.430. The van der Waals surface area contributed by atoms with Crippen LogP contribution in [0.5, 0.6) is 0 Å². The number of ether oxygens (including phenoxy) is 1. The van der Waals surface area contributed by atoms with Gasteiger partial charge in [-0.05, 0) is 36.7 Å². The summed E-state index contributed by atoms with van der Waals surface area (Å²) in [6, 6.07) is -0.0950. The molecule has 1 aliphatic rings. The fraction of sp³-hybridized carbons (Fsp3) is 0.769. The van der Waals surface area contributed by atoms with Crippen LogP contribution in [0.4, 0.5) is 0 Å². The van der Waals surface area contributed by atoms with Gasteiger partial charge in [0.05, 0.1) is 35.6 Å². The Kier molecular flexibility index (Phi) is 4.66. The fourth-order valence-corrected chi connectivity index (χ4v) is 3.15. The van der Waals surface area contributed by atoms with E-state index in [1.54, 1.807) is 0 Å². The zero-order valence-corrected chi connectivity index (χ0v) is 13.5. The molecule has 19 heavy (non-hydrogen) atoms. The largest absolute Gasteiger partial charge is 0.379 e. The number of morpholine rings is 1. The minimum Gasteiger partial charge on any atom is -0.379 e. The van der Waals surface area contributed by atoms with Crippen molar-refractivity contribution in [2.24, 2.45) is 5.73 Å². The summed E-state index contributed by atoms with van der Waals surface area (Å²) in [7, 11) is 0. The van der Waals surface area contributed by atoms with Crippen molar-refractivity contribution in [1.29, 1.82) is 0 Å². The summed E-state index contributed by atoms with van der Waals surface area (Å²) in [5.74, 6) is 0. The van der Waals surface area contributed by atoms with Gasteiger partial charge in [0.1, 0.15) is 0 Å². The molecule has 0 spiro atoms. The predicted molar refractivity (Wildman–Crippen MR) is 79.0 cm³/mol. The molecule has 0 aromatic carbocycles. The zero-order valence-electron chi connectivity index (χ0n) is 11.9. The van der Waals surface area contributed by atoms with Gasteiger partial charge in [0.2, 0.25) is 0 Å². The highest BCUT2D eigenvalue weighted by atomic mass is 79.9. The van der Waals surface area contributed by atoms with E-state index in [4.69, 9.17) is 10.5 Å². The maximum absolute atomic E-state index is 6.55. The summed E-state index contributed by atoms with van der Waals surface area (Å²) >= 11 is 3.57. The second-order valence-electron chi connectivity index (χ2n) is 5.42. The van der Waals surface area contributed by atoms with Crippen LogP contribution in [0.15, 0.2) is 10.7 Å². The lowest BCUT2D eigenvalue weighted by Gasteiger charge is -2.44. The van der Waals surface area contributed by atoms with Gasteiger partial charge in [0, 0.05) is 25.2 Å². The minimum absolute atomic E-state index is 0.0950. The summed E-state index contributed by atoms with van der Waals surface area (Å²) in [5, 5.41) is 4.36. The molecular formula is C13H23BrN4O. The molecule has 1 fully saturated rings. The van der Waals surface area contributed by atoms with E-state index in [0.717, 1.165) is 43.0 Å². The monoisotopic (exact) mass is 330 g/mol. The Balaban J connectivity index is 2.25. The van der Waals surface area contributed by atoms with Gasteiger partial charge in [-0.3, -0.25) is 9.58 Å². The molecule has 1 atom stereocenters. The quantitative estimate of drug-likeness (QED) is 0.914. The Labute approximate surface area is 123 Å². The van der Waals surface area contributed by atoms with Crippen LogP contribution in [-0.2, 0) is 11.3 Å². The Bertz CT molecular complexity index is 426. The van der Waals surface area contributed by atoms with Crippen LogP contribution in [0.3, 0.4) is 0 Å². The zero-order chi connectivity index (χ0) is 14.0. The summed E-state index contributed by atoms with van der Waals surface area (Å²) in [5.41, 5.74) is 7.49. The van der Waals surface area contributed by atoms with Crippen molar-refractivity contribution in [3.63, 3.8) is 0 Å².